The minimum Gasteiger partial charge on any atom is -0.384 e. The molecule has 0 bridgehead atoms. The van der Waals surface area contributed by atoms with Crippen LogP contribution in [0.25, 0.3) is 11.3 Å². The molecule has 0 radical (unpaired) electrons. The minimum absolute atomic E-state index is 1.02. The summed E-state index contributed by atoms with van der Waals surface area (Å²) in [7, 11) is 0. The van der Waals surface area contributed by atoms with Crippen molar-refractivity contribution in [2.24, 2.45) is 0 Å². The Labute approximate surface area is 89.3 Å². The highest BCUT2D eigenvalue weighted by molar-refractivity contribution is 5.79. The van der Waals surface area contributed by atoms with Crippen LogP contribution in [0.4, 0.5) is 5.69 Å². The van der Waals surface area contributed by atoms with Crippen LogP contribution in [-0.2, 0) is 6.42 Å². The molecule has 2 heteroatoms. The molecule has 0 aliphatic carbocycles. The van der Waals surface area contributed by atoms with Crippen LogP contribution in [0.3, 0.4) is 0 Å². The lowest BCUT2D eigenvalue weighted by molar-refractivity contribution is 1.04. The van der Waals surface area contributed by atoms with E-state index in [0.29, 0.717) is 0 Å². The summed E-state index contributed by atoms with van der Waals surface area (Å²) < 4.78 is 0. The summed E-state index contributed by atoms with van der Waals surface area (Å²) in [6.07, 6.45) is 1.09. The molecule has 0 fully saturated rings. The standard InChI is InChI=1S/C13H14N2/c1-9-8-10-6-7-14-12-5-3-2-4-11(12)13(10)15-9/h2-5,8,14-15H,6-7H2,1H3. The largest absolute Gasteiger partial charge is 0.384 e. The number of rotatable bonds is 0. The van der Waals surface area contributed by atoms with Crippen LogP contribution >= 0.6 is 0 Å². The van der Waals surface area contributed by atoms with Gasteiger partial charge in [-0.2, -0.15) is 0 Å². The number of aromatic nitrogens is 1. The Kier molecular flexibility index (Phi) is 1.81. The van der Waals surface area contributed by atoms with Gasteiger partial charge in [-0.05, 0) is 31.0 Å². The van der Waals surface area contributed by atoms with Crippen molar-refractivity contribution in [2.45, 2.75) is 13.3 Å². The molecule has 0 saturated heterocycles. The lowest BCUT2D eigenvalue weighted by atomic mass is 10.1. The van der Waals surface area contributed by atoms with Crippen LogP contribution in [0.15, 0.2) is 30.3 Å². The third kappa shape index (κ3) is 1.33. The van der Waals surface area contributed by atoms with Gasteiger partial charge in [0.15, 0.2) is 0 Å². The molecule has 15 heavy (non-hydrogen) atoms. The van der Waals surface area contributed by atoms with Gasteiger partial charge in [-0.15, -0.1) is 0 Å². The number of benzene rings is 1. The fourth-order valence-corrected chi connectivity index (χ4v) is 2.27. The Morgan fingerprint density at radius 3 is 3.00 bits per heavy atom. The maximum Gasteiger partial charge on any atom is 0.0510 e. The number of hydrogen-bond donors (Lipinski definition) is 2. The number of H-pyrrole nitrogens is 1. The van der Waals surface area contributed by atoms with Crippen LogP contribution in [0.2, 0.25) is 0 Å². The zero-order valence-electron chi connectivity index (χ0n) is 8.80. The van der Waals surface area contributed by atoms with Crippen molar-refractivity contribution in [1.29, 1.82) is 0 Å². The van der Waals surface area contributed by atoms with Crippen LogP contribution in [0.1, 0.15) is 11.3 Å². The van der Waals surface area contributed by atoms with Gasteiger partial charge >= 0.3 is 0 Å². The van der Waals surface area contributed by atoms with E-state index in [0.717, 1.165) is 13.0 Å². The average molecular weight is 198 g/mol. The summed E-state index contributed by atoms with van der Waals surface area (Å²) in [4.78, 5) is 3.45. The van der Waals surface area contributed by atoms with E-state index in [-0.39, 0.29) is 0 Å². The molecular weight excluding hydrogens is 184 g/mol. The predicted molar refractivity (Wildman–Crippen MR) is 63.2 cm³/mol. The first-order valence-corrected chi connectivity index (χ1v) is 5.36. The first-order chi connectivity index (χ1) is 7.34. The number of fused-ring (bicyclic) bond motifs is 3. The topological polar surface area (TPSA) is 27.8 Å². The zero-order valence-corrected chi connectivity index (χ0v) is 8.80. The van der Waals surface area contributed by atoms with Crippen LogP contribution < -0.4 is 5.32 Å². The van der Waals surface area contributed by atoms with E-state index >= 15 is 0 Å². The monoisotopic (exact) mass is 198 g/mol. The van der Waals surface area contributed by atoms with E-state index in [1.54, 1.807) is 0 Å². The molecule has 0 atom stereocenters. The second-order valence-corrected chi connectivity index (χ2v) is 4.07. The van der Waals surface area contributed by atoms with Gasteiger partial charge in [-0.1, -0.05) is 18.2 Å². The molecule has 3 rings (SSSR count). The number of para-hydroxylation sites is 1. The van der Waals surface area contributed by atoms with Gasteiger partial charge in [0, 0.05) is 23.5 Å². The highest BCUT2D eigenvalue weighted by Gasteiger charge is 2.14. The zero-order chi connectivity index (χ0) is 10.3. The van der Waals surface area contributed by atoms with Gasteiger partial charge in [-0.25, -0.2) is 0 Å². The second-order valence-electron chi connectivity index (χ2n) is 4.07. The molecule has 0 spiro atoms. The van der Waals surface area contributed by atoms with Gasteiger partial charge in [0.05, 0.1) is 5.69 Å². The Morgan fingerprint density at radius 2 is 2.07 bits per heavy atom. The molecule has 2 nitrogen and oxygen atoms in total. The maximum atomic E-state index is 3.46. The summed E-state index contributed by atoms with van der Waals surface area (Å²) in [5, 5.41) is 3.46. The number of hydrogen-bond acceptors (Lipinski definition) is 1. The van der Waals surface area contributed by atoms with Gasteiger partial charge in [-0.3, -0.25) is 0 Å². The first kappa shape index (κ1) is 8.60. The SMILES string of the molecule is Cc1cc2c([nH]1)-c1ccccc1NCC2. The molecule has 1 aliphatic heterocycles. The van der Waals surface area contributed by atoms with E-state index in [4.69, 9.17) is 0 Å². The quantitative estimate of drug-likeness (QED) is 0.669. The molecule has 76 valence electrons. The summed E-state index contributed by atoms with van der Waals surface area (Å²) in [5.74, 6) is 0. The third-order valence-electron chi connectivity index (χ3n) is 2.94. The first-order valence-electron chi connectivity index (χ1n) is 5.36. The van der Waals surface area contributed by atoms with E-state index in [9.17, 15) is 0 Å². The molecule has 1 aromatic heterocycles. The van der Waals surface area contributed by atoms with Crippen molar-refractivity contribution in [3.05, 3.63) is 41.6 Å². The smallest absolute Gasteiger partial charge is 0.0510 e. The van der Waals surface area contributed by atoms with E-state index in [1.165, 1.54) is 28.2 Å². The molecule has 0 amide bonds. The van der Waals surface area contributed by atoms with E-state index in [1.807, 2.05) is 0 Å². The Bertz CT molecular complexity index is 497. The molecule has 0 unspecified atom stereocenters. The van der Waals surface area contributed by atoms with Crippen molar-refractivity contribution < 1.29 is 0 Å². The van der Waals surface area contributed by atoms with E-state index < -0.39 is 0 Å². The van der Waals surface area contributed by atoms with Crippen LogP contribution in [0.5, 0.6) is 0 Å². The normalized spacial score (nSPS) is 13.7. The van der Waals surface area contributed by atoms with Crippen molar-refractivity contribution >= 4 is 5.69 Å². The molecule has 1 aromatic carbocycles. The second kappa shape index (κ2) is 3.16. The highest BCUT2D eigenvalue weighted by Crippen LogP contribution is 2.32. The van der Waals surface area contributed by atoms with Gasteiger partial charge in [0.25, 0.3) is 0 Å². The van der Waals surface area contributed by atoms with Crippen LogP contribution in [0, 0.1) is 6.92 Å². The molecule has 1 aliphatic rings. The highest BCUT2D eigenvalue weighted by atomic mass is 14.9. The number of aromatic amines is 1. The summed E-state index contributed by atoms with van der Waals surface area (Å²) >= 11 is 0. The fourth-order valence-electron chi connectivity index (χ4n) is 2.27. The van der Waals surface area contributed by atoms with Crippen molar-refractivity contribution in [2.75, 3.05) is 11.9 Å². The third-order valence-corrected chi connectivity index (χ3v) is 2.94. The van der Waals surface area contributed by atoms with Gasteiger partial charge in [0.2, 0.25) is 0 Å². The Morgan fingerprint density at radius 1 is 1.20 bits per heavy atom. The summed E-state index contributed by atoms with van der Waals surface area (Å²) in [5.41, 5.74) is 6.48. The maximum absolute atomic E-state index is 3.46. The van der Waals surface area contributed by atoms with E-state index in [2.05, 4.69) is 47.6 Å². The van der Waals surface area contributed by atoms with Crippen molar-refractivity contribution in [3.8, 4) is 11.3 Å². The molecule has 2 aromatic rings. The lowest BCUT2D eigenvalue weighted by Crippen LogP contribution is -2.01. The fraction of sp³-hybridized carbons (Fsp3) is 0.231. The van der Waals surface area contributed by atoms with Gasteiger partial charge < -0.3 is 10.3 Å². The molecule has 2 N–H and O–H groups in total. The Hall–Kier alpha value is -1.70. The lowest BCUT2D eigenvalue weighted by Gasteiger charge is -2.06. The number of anilines is 1. The average Bonchev–Trinajstić information content (AvgIpc) is 2.52. The Balaban J connectivity index is 2.26. The van der Waals surface area contributed by atoms with Crippen molar-refractivity contribution in [1.82, 2.24) is 4.98 Å². The molecular formula is C13H14N2. The van der Waals surface area contributed by atoms with Crippen LogP contribution in [-0.4, -0.2) is 11.5 Å². The predicted octanol–water partition coefficient (Wildman–Crippen LogP) is 2.96. The van der Waals surface area contributed by atoms with Crippen molar-refractivity contribution in [3.63, 3.8) is 0 Å². The molecule has 2 heterocycles. The minimum atomic E-state index is 1.02. The number of aryl methyl sites for hydroxylation is 1. The number of nitrogens with one attached hydrogen (secondary N) is 2. The summed E-state index contributed by atoms with van der Waals surface area (Å²) in [6, 6.07) is 10.7. The van der Waals surface area contributed by atoms with Gasteiger partial charge in [0.1, 0.15) is 0 Å². The summed E-state index contributed by atoms with van der Waals surface area (Å²) in [6.45, 7) is 3.13. The molecule has 0 saturated carbocycles.